The summed E-state index contributed by atoms with van der Waals surface area (Å²) in [7, 11) is 1.98. The molecule has 0 bridgehead atoms. The van der Waals surface area contributed by atoms with E-state index in [1.54, 1.807) is 30.6 Å². The molecular formula is C26H26Cl4N6O2. The zero-order valence-electron chi connectivity index (χ0n) is 20.5. The molecule has 8 nitrogen and oxygen atoms in total. The Bertz CT molecular complexity index is 1450. The number of halogens is 4. The summed E-state index contributed by atoms with van der Waals surface area (Å²) >= 11 is 12.2. The second-order valence-corrected chi connectivity index (χ2v) is 9.52. The Morgan fingerprint density at radius 1 is 1.08 bits per heavy atom. The van der Waals surface area contributed by atoms with E-state index in [4.69, 9.17) is 28.2 Å². The molecule has 1 saturated heterocycles. The summed E-state index contributed by atoms with van der Waals surface area (Å²) in [6.45, 7) is 3.36. The Morgan fingerprint density at radius 3 is 2.42 bits per heavy atom. The van der Waals surface area contributed by atoms with Gasteiger partial charge in [-0.1, -0.05) is 23.2 Å². The summed E-state index contributed by atoms with van der Waals surface area (Å²) in [6.07, 6.45) is 4.38. The van der Waals surface area contributed by atoms with Gasteiger partial charge >= 0.3 is 0 Å². The van der Waals surface area contributed by atoms with E-state index in [1.807, 2.05) is 25.2 Å². The van der Waals surface area contributed by atoms with E-state index >= 15 is 0 Å². The van der Waals surface area contributed by atoms with Gasteiger partial charge in [-0.05, 0) is 56.8 Å². The van der Waals surface area contributed by atoms with Crippen LogP contribution in [0.1, 0.15) is 23.7 Å². The molecule has 5 rings (SSSR count). The third-order valence-corrected chi connectivity index (χ3v) is 6.92. The zero-order chi connectivity index (χ0) is 25.4. The third-order valence-electron chi connectivity index (χ3n) is 6.34. The van der Waals surface area contributed by atoms with E-state index in [0.717, 1.165) is 31.0 Å². The van der Waals surface area contributed by atoms with E-state index in [9.17, 15) is 9.90 Å². The van der Waals surface area contributed by atoms with Gasteiger partial charge in [0.1, 0.15) is 11.3 Å². The van der Waals surface area contributed by atoms with Crippen molar-refractivity contribution >= 4 is 82.0 Å². The number of Topliss-reactive ketones (excluding diaryl/α,β-unsaturated/α-hetero) is 1. The average molecular weight is 596 g/mol. The van der Waals surface area contributed by atoms with Gasteiger partial charge in [-0.3, -0.25) is 9.78 Å². The van der Waals surface area contributed by atoms with Crippen molar-refractivity contribution in [2.45, 2.75) is 19.4 Å². The lowest BCUT2D eigenvalue weighted by atomic mass is 10.1. The topological polar surface area (TPSA) is 103 Å². The van der Waals surface area contributed by atoms with E-state index < -0.39 is 0 Å². The number of pyridine rings is 3. The van der Waals surface area contributed by atoms with Gasteiger partial charge in [0.25, 0.3) is 0 Å². The van der Waals surface area contributed by atoms with Gasteiger partial charge in [0.05, 0.1) is 44.4 Å². The van der Waals surface area contributed by atoms with Crippen molar-refractivity contribution in [1.82, 2.24) is 20.3 Å². The number of rotatable bonds is 6. The highest BCUT2D eigenvalue weighted by molar-refractivity contribution is 6.37. The Morgan fingerprint density at radius 2 is 1.82 bits per heavy atom. The molecule has 0 amide bonds. The maximum absolute atomic E-state index is 12.5. The van der Waals surface area contributed by atoms with E-state index in [-0.39, 0.29) is 46.4 Å². The van der Waals surface area contributed by atoms with Gasteiger partial charge in [-0.2, -0.15) is 0 Å². The maximum atomic E-state index is 12.5. The van der Waals surface area contributed by atoms with E-state index in [2.05, 4.69) is 25.5 Å². The summed E-state index contributed by atoms with van der Waals surface area (Å²) in [5.41, 5.74) is 3.99. The van der Waals surface area contributed by atoms with Crippen molar-refractivity contribution in [2.75, 3.05) is 30.4 Å². The number of fused-ring (bicyclic) bond motifs is 1. The number of benzene rings is 1. The molecule has 38 heavy (non-hydrogen) atoms. The highest BCUT2D eigenvalue weighted by atomic mass is 35.5. The van der Waals surface area contributed by atoms with Gasteiger partial charge < -0.3 is 20.6 Å². The molecule has 1 aromatic carbocycles. The monoisotopic (exact) mass is 594 g/mol. The Hall–Kier alpha value is -2.88. The van der Waals surface area contributed by atoms with Crippen molar-refractivity contribution in [1.29, 1.82) is 0 Å². The van der Waals surface area contributed by atoms with Crippen LogP contribution in [0.3, 0.4) is 0 Å². The van der Waals surface area contributed by atoms with E-state index in [1.165, 1.54) is 6.92 Å². The van der Waals surface area contributed by atoms with Crippen LogP contribution >= 0.6 is 48.0 Å². The molecule has 12 heteroatoms. The lowest BCUT2D eigenvalue weighted by Gasteiger charge is -2.18. The van der Waals surface area contributed by atoms with Gasteiger partial charge in [-0.25, -0.2) is 9.97 Å². The minimum atomic E-state index is -0.183. The lowest BCUT2D eigenvalue weighted by molar-refractivity contribution is 0.101. The molecule has 0 saturated carbocycles. The van der Waals surface area contributed by atoms with Crippen molar-refractivity contribution < 1.29 is 9.90 Å². The number of likely N-dealkylation sites (N-methyl/N-ethyl adjacent to an activating group) is 1. The molecule has 0 aliphatic carbocycles. The molecule has 1 atom stereocenters. The fourth-order valence-electron chi connectivity index (χ4n) is 4.33. The number of carbonyl (C=O) groups is 1. The highest BCUT2D eigenvalue weighted by Crippen LogP contribution is 2.37. The van der Waals surface area contributed by atoms with Gasteiger partial charge in [0.2, 0.25) is 0 Å². The standard InChI is InChI=1S/C26H24Cl2N6O2.2ClH/c1-14(35)18-12-30-22-5-4-21(15-9-19(27)26(36)20(28)10-15)33-25(22)24(18)32-16-3-6-23(31-11-16)34-8-7-17(13-34)29-2;;/h3-6,9-12,17,29,36H,7-8,13H2,1-2H3,(H,30,32);2*1H. The van der Waals surface area contributed by atoms with Gasteiger partial charge in [0, 0.05) is 30.9 Å². The van der Waals surface area contributed by atoms with Crippen LogP contribution < -0.4 is 15.5 Å². The van der Waals surface area contributed by atoms with Crippen molar-refractivity contribution in [3.63, 3.8) is 0 Å². The van der Waals surface area contributed by atoms with Crippen LogP contribution in [-0.4, -0.2) is 52.0 Å². The number of nitrogens with zero attached hydrogens (tertiary/aromatic N) is 4. The number of aromatic hydroxyl groups is 1. The SMILES string of the molecule is CNC1CCN(c2ccc(Nc3c(C(C)=O)cnc4ccc(-c5cc(Cl)c(O)c(Cl)c5)nc34)cn2)C1.Cl.Cl. The highest BCUT2D eigenvalue weighted by Gasteiger charge is 2.22. The largest absolute Gasteiger partial charge is 0.505 e. The summed E-state index contributed by atoms with van der Waals surface area (Å²) in [4.78, 5) is 28.6. The molecule has 1 aliphatic heterocycles. The molecule has 4 heterocycles. The number of phenolic OH excluding ortho intramolecular Hbond substituents is 1. The summed E-state index contributed by atoms with van der Waals surface area (Å²) < 4.78 is 0. The number of ketones is 1. The first kappa shape index (κ1) is 29.7. The first-order valence-corrected chi connectivity index (χ1v) is 12.2. The number of aromatic nitrogens is 3. The molecular weight excluding hydrogens is 570 g/mol. The Kier molecular flexibility index (Phi) is 9.62. The number of anilines is 3. The fraction of sp³-hybridized carbons (Fsp3) is 0.231. The van der Waals surface area contributed by atoms with Crippen LogP contribution in [0.2, 0.25) is 10.0 Å². The number of carbonyl (C=O) groups excluding carboxylic acids is 1. The summed E-state index contributed by atoms with van der Waals surface area (Å²) in [5.74, 6) is 0.581. The number of nitrogens with one attached hydrogen (secondary N) is 2. The summed E-state index contributed by atoms with van der Waals surface area (Å²) in [5, 5.41) is 16.8. The normalized spacial score (nSPS) is 14.6. The van der Waals surface area contributed by atoms with Crippen molar-refractivity contribution in [3.05, 3.63) is 64.4 Å². The molecule has 0 radical (unpaired) electrons. The quantitative estimate of drug-likeness (QED) is 0.223. The number of hydrogen-bond acceptors (Lipinski definition) is 8. The molecule has 200 valence electrons. The van der Waals surface area contributed by atoms with E-state index in [0.29, 0.717) is 39.6 Å². The molecule has 1 fully saturated rings. The van der Waals surface area contributed by atoms with Crippen LogP contribution in [0, 0.1) is 0 Å². The van der Waals surface area contributed by atoms with Crippen LogP contribution in [-0.2, 0) is 0 Å². The fourth-order valence-corrected chi connectivity index (χ4v) is 4.82. The first-order valence-electron chi connectivity index (χ1n) is 11.5. The smallest absolute Gasteiger partial charge is 0.163 e. The predicted octanol–water partition coefficient (Wildman–Crippen LogP) is 6.29. The third kappa shape index (κ3) is 5.90. The zero-order valence-corrected chi connectivity index (χ0v) is 23.7. The predicted molar refractivity (Wildman–Crippen MR) is 158 cm³/mol. The molecule has 0 spiro atoms. The molecule has 1 aliphatic rings. The van der Waals surface area contributed by atoms with Gasteiger partial charge in [0.15, 0.2) is 11.5 Å². The molecule has 3 aromatic heterocycles. The Labute approximate surface area is 242 Å². The lowest BCUT2D eigenvalue weighted by Crippen LogP contribution is -2.29. The Balaban J connectivity index is 0.00000200. The number of phenols is 1. The average Bonchev–Trinajstić information content (AvgIpc) is 3.36. The van der Waals surface area contributed by atoms with Crippen LogP contribution in [0.4, 0.5) is 17.2 Å². The molecule has 4 aromatic rings. The minimum absolute atomic E-state index is 0. The molecule has 3 N–H and O–H groups in total. The number of hydrogen-bond donors (Lipinski definition) is 3. The second kappa shape index (κ2) is 12.3. The maximum Gasteiger partial charge on any atom is 0.163 e. The van der Waals surface area contributed by atoms with Crippen molar-refractivity contribution in [2.24, 2.45) is 0 Å². The van der Waals surface area contributed by atoms with Crippen LogP contribution in [0.25, 0.3) is 22.3 Å². The molecule has 1 unspecified atom stereocenters. The van der Waals surface area contributed by atoms with Crippen molar-refractivity contribution in [3.8, 4) is 17.0 Å². The summed E-state index contributed by atoms with van der Waals surface area (Å²) in [6, 6.07) is 11.2. The van der Waals surface area contributed by atoms with Gasteiger partial charge in [-0.15, -0.1) is 24.8 Å². The minimum Gasteiger partial charge on any atom is -0.505 e. The first-order chi connectivity index (χ1) is 17.3. The second-order valence-electron chi connectivity index (χ2n) is 8.71. The van der Waals surface area contributed by atoms with Crippen LogP contribution in [0.5, 0.6) is 5.75 Å². The van der Waals surface area contributed by atoms with Crippen LogP contribution in [0.15, 0.2) is 48.8 Å².